The lowest BCUT2D eigenvalue weighted by Crippen LogP contribution is -2.33. The van der Waals surface area contributed by atoms with Crippen LogP contribution in [0.3, 0.4) is 0 Å². The first-order valence-electron chi connectivity index (χ1n) is 8.70. The molecule has 0 unspecified atom stereocenters. The molecule has 1 aromatic carbocycles. The Morgan fingerprint density at radius 3 is 2.93 bits per heavy atom. The number of fused-ring (bicyclic) bond motifs is 2. The summed E-state index contributed by atoms with van der Waals surface area (Å²) in [4.78, 5) is 27.0. The van der Waals surface area contributed by atoms with E-state index < -0.39 is 5.91 Å². The number of thiophene rings is 1. The molecule has 8 heteroatoms. The molecule has 0 atom stereocenters. The van der Waals surface area contributed by atoms with Gasteiger partial charge in [-0.15, -0.1) is 11.3 Å². The van der Waals surface area contributed by atoms with Crippen LogP contribution in [-0.4, -0.2) is 30.4 Å². The highest BCUT2D eigenvalue weighted by Gasteiger charge is 2.27. The van der Waals surface area contributed by atoms with E-state index in [1.165, 1.54) is 25.4 Å². The number of carbonyl (C=O) groups excluding carboxylic acids is 2. The molecule has 3 aromatic rings. The molecule has 0 radical (unpaired) electrons. The predicted octanol–water partition coefficient (Wildman–Crippen LogP) is 3.53. The first-order chi connectivity index (χ1) is 13.5. The number of furan rings is 1. The second-order valence-corrected chi connectivity index (χ2v) is 7.56. The molecule has 1 N–H and O–H groups in total. The van der Waals surface area contributed by atoms with Crippen LogP contribution >= 0.6 is 11.3 Å². The number of nitriles is 1. The van der Waals surface area contributed by atoms with Crippen molar-refractivity contribution in [2.45, 2.75) is 19.9 Å². The van der Waals surface area contributed by atoms with E-state index in [9.17, 15) is 14.9 Å². The van der Waals surface area contributed by atoms with Crippen molar-refractivity contribution in [3.63, 3.8) is 0 Å². The Kier molecular flexibility index (Phi) is 4.53. The summed E-state index contributed by atoms with van der Waals surface area (Å²) >= 11 is 1.33. The van der Waals surface area contributed by atoms with Gasteiger partial charge in [0, 0.05) is 23.7 Å². The molecule has 0 fully saturated rings. The highest BCUT2D eigenvalue weighted by molar-refractivity contribution is 7.16. The maximum absolute atomic E-state index is 12.7. The van der Waals surface area contributed by atoms with Gasteiger partial charge >= 0.3 is 0 Å². The fraction of sp³-hybridized carbons (Fsp3) is 0.250. The van der Waals surface area contributed by atoms with Crippen LogP contribution in [0.2, 0.25) is 0 Å². The summed E-state index contributed by atoms with van der Waals surface area (Å²) in [5, 5.41) is 13.6. The number of hydrogen-bond donors (Lipinski definition) is 1. The molecule has 142 valence electrons. The van der Waals surface area contributed by atoms with Gasteiger partial charge in [0.05, 0.1) is 19.2 Å². The Labute approximate surface area is 165 Å². The molecule has 0 aliphatic carbocycles. The van der Waals surface area contributed by atoms with Crippen molar-refractivity contribution in [3.05, 3.63) is 46.0 Å². The average molecular weight is 395 g/mol. The molecular weight excluding hydrogens is 378 g/mol. The third kappa shape index (κ3) is 3.00. The molecule has 0 saturated heterocycles. The van der Waals surface area contributed by atoms with Crippen molar-refractivity contribution in [3.8, 4) is 11.8 Å². The van der Waals surface area contributed by atoms with Gasteiger partial charge in [-0.1, -0.05) is 12.1 Å². The lowest BCUT2D eigenvalue weighted by atomic mass is 10.0. The molecule has 3 heterocycles. The quantitative estimate of drug-likeness (QED) is 0.732. The second kappa shape index (κ2) is 7.02. The molecule has 0 saturated carbocycles. The summed E-state index contributed by atoms with van der Waals surface area (Å²) in [6, 6.07) is 9.25. The first-order valence-corrected chi connectivity index (χ1v) is 9.51. The molecule has 2 aromatic heterocycles. The average Bonchev–Trinajstić information content (AvgIpc) is 3.27. The number of methoxy groups -OCH3 is 1. The summed E-state index contributed by atoms with van der Waals surface area (Å²) in [5.41, 5.74) is 1.87. The smallest absolute Gasteiger partial charge is 0.292 e. The van der Waals surface area contributed by atoms with E-state index >= 15 is 0 Å². The second-order valence-electron chi connectivity index (χ2n) is 6.45. The van der Waals surface area contributed by atoms with E-state index in [0.29, 0.717) is 41.4 Å². The number of anilines is 1. The number of nitrogens with one attached hydrogen (secondary N) is 1. The van der Waals surface area contributed by atoms with E-state index in [-0.39, 0.29) is 11.7 Å². The standard InChI is InChI=1S/C20H17N3O4S/c1-11(24)23-7-6-13-14(9-21)20(28-17(13)10-23)22-19(25)16-8-12-4-3-5-15(26-2)18(12)27-16/h3-5,8H,6-7,10H2,1-2H3,(H,22,25). The van der Waals surface area contributed by atoms with Gasteiger partial charge in [0.2, 0.25) is 5.91 Å². The number of amides is 2. The van der Waals surface area contributed by atoms with Gasteiger partial charge < -0.3 is 19.4 Å². The molecule has 1 aliphatic heterocycles. The van der Waals surface area contributed by atoms with E-state index in [1.54, 1.807) is 17.0 Å². The van der Waals surface area contributed by atoms with E-state index in [2.05, 4.69) is 11.4 Å². The number of hydrogen-bond acceptors (Lipinski definition) is 6. The maximum Gasteiger partial charge on any atom is 0.292 e. The zero-order chi connectivity index (χ0) is 19.8. The van der Waals surface area contributed by atoms with Crippen LogP contribution in [0.4, 0.5) is 5.00 Å². The summed E-state index contributed by atoms with van der Waals surface area (Å²) in [5.74, 6) is 0.251. The molecule has 1 aliphatic rings. The Morgan fingerprint density at radius 1 is 1.39 bits per heavy atom. The third-order valence-corrected chi connectivity index (χ3v) is 5.92. The fourth-order valence-corrected chi connectivity index (χ4v) is 4.56. The Hall–Kier alpha value is -3.31. The summed E-state index contributed by atoms with van der Waals surface area (Å²) < 4.78 is 10.9. The van der Waals surface area contributed by atoms with Crippen molar-refractivity contribution in [1.29, 1.82) is 5.26 Å². The lowest BCUT2D eigenvalue weighted by molar-refractivity contribution is -0.129. The van der Waals surface area contributed by atoms with Crippen LogP contribution in [0.5, 0.6) is 5.75 Å². The maximum atomic E-state index is 12.7. The molecule has 28 heavy (non-hydrogen) atoms. The van der Waals surface area contributed by atoms with E-state index in [1.807, 2.05) is 12.1 Å². The van der Waals surface area contributed by atoms with Crippen LogP contribution in [0.25, 0.3) is 11.0 Å². The molecular formula is C20H17N3O4S. The van der Waals surface area contributed by atoms with Gasteiger partial charge in [-0.25, -0.2) is 0 Å². The number of benzene rings is 1. The van der Waals surface area contributed by atoms with Gasteiger partial charge in [0.15, 0.2) is 17.1 Å². The van der Waals surface area contributed by atoms with Crippen molar-refractivity contribution in [2.24, 2.45) is 0 Å². The molecule has 7 nitrogen and oxygen atoms in total. The zero-order valence-electron chi connectivity index (χ0n) is 15.4. The number of nitrogens with zero attached hydrogens (tertiary/aromatic N) is 2. The summed E-state index contributed by atoms with van der Waals surface area (Å²) in [7, 11) is 1.54. The normalized spacial score (nSPS) is 13.1. The monoisotopic (exact) mass is 395 g/mol. The van der Waals surface area contributed by atoms with Crippen molar-refractivity contribution >= 4 is 39.1 Å². The molecule has 2 amide bonds. The minimum atomic E-state index is -0.434. The third-order valence-electron chi connectivity index (χ3n) is 4.79. The SMILES string of the molecule is COc1cccc2cc(C(=O)Nc3sc4c(c3C#N)CCN(C(C)=O)C4)oc12. The Balaban J connectivity index is 1.64. The van der Waals surface area contributed by atoms with Gasteiger partial charge in [-0.2, -0.15) is 5.26 Å². The number of rotatable bonds is 3. The zero-order valence-corrected chi connectivity index (χ0v) is 16.2. The van der Waals surface area contributed by atoms with Crippen molar-refractivity contribution in [2.75, 3.05) is 19.0 Å². The Bertz CT molecular complexity index is 1140. The molecule has 0 spiro atoms. The van der Waals surface area contributed by atoms with E-state index in [0.717, 1.165) is 15.8 Å². The lowest BCUT2D eigenvalue weighted by Gasteiger charge is -2.25. The van der Waals surface area contributed by atoms with Crippen molar-refractivity contribution < 1.29 is 18.7 Å². The van der Waals surface area contributed by atoms with Crippen LogP contribution in [0.1, 0.15) is 33.5 Å². The van der Waals surface area contributed by atoms with Crippen LogP contribution in [0, 0.1) is 11.3 Å². The minimum Gasteiger partial charge on any atom is -0.493 e. The van der Waals surface area contributed by atoms with Gasteiger partial charge in [-0.3, -0.25) is 9.59 Å². The molecule has 0 bridgehead atoms. The topological polar surface area (TPSA) is 95.6 Å². The number of carbonyl (C=O) groups is 2. The van der Waals surface area contributed by atoms with Crippen LogP contribution in [-0.2, 0) is 17.8 Å². The summed E-state index contributed by atoms with van der Waals surface area (Å²) in [6.45, 7) is 2.56. The number of para-hydroxylation sites is 1. The highest BCUT2D eigenvalue weighted by atomic mass is 32.1. The Morgan fingerprint density at radius 2 is 2.21 bits per heavy atom. The predicted molar refractivity (Wildman–Crippen MR) is 105 cm³/mol. The van der Waals surface area contributed by atoms with E-state index in [4.69, 9.17) is 9.15 Å². The highest BCUT2D eigenvalue weighted by Crippen LogP contribution is 2.37. The van der Waals surface area contributed by atoms with Gasteiger partial charge in [-0.05, 0) is 24.1 Å². The fourth-order valence-electron chi connectivity index (χ4n) is 3.35. The van der Waals surface area contributed by atoms with Crippen LogP contribution < -0.4 is 10.1 Å². The molecule has 4 rings (SSSR count). The van der Waals surface area contributed by atoms with Crippen molar-refractivity contribution in [1.82, 2.24) is 4.90 Å². The largest absolute Gasteiger partial charge is 0.493 e. The minimum absolute atomic E-state index is 0.000587. The van der Waals surface area contributed by atoms with Gasteiger partial charge in [0.1, 0.15) is 11.1 Å². The number of ether oxygens (including phenoxy) is 1. The summed E-state index contributed by atoms with van der Waals surface area (Å²) in [6.07, 6.45) is 0.603. The first kappa shape index (κ1) is 18.1. The van der Waals surface area contributed by atoms with Crippen LogP contribution in [0.15, 0.2) is 28.7 Å². The van der Waals surface area contributed by atoms with Gasteiger partial charge in [0.25, 0.3) is 5.91 Å².